The Morgan fingerprint density at radius 2 is 2.11 bits per heavy atom. The zero-order valence-electron chi connectivity index (χ0n) is 10.9. The van der Waals surface area contributed by atoms with Gasteiger partial charge in [0.15, 0.2) is 5.82 Å². The van der Waals surface area contributed by atoms with Crippen molar-refractivity contribution in [1.29, 1.82) is 0 Å². The minimum absolute atomic E-state index is 0.657. The Hall–Kier alpha value is -2.50. The lowest BCUT2D eigenvalue weighted by Crippen LogP contribution is -2.19. The molecule has 0 N–H and O–H groups in total. The lowest BCUT2D eigenvalue weighted by atomic mass is 10.3. The number of aryl methyl sites for hydroxylation is 1. The van der Waals surface area contributed by atoms with Crippen LogP contribution in [0.2, 0.25) is 0 Å². The summed E-state index contributed by atoms with van der Waals surface area (Å²) < 4.78 is 1.84. The molecular formula is C13H14N6. The van der Waals surface area contributed by atoms with Gasteiger partial charge in [-0.25, -0.2) is 9.50 Å². The molecule has 0 amide bonds. The molecule has 0 aromatic carbocycles. The van der Waals surface area contributed by atoms with Gasteiger partial charge >= 0.3 is 0 Å². The zero-order valence-corrected chi connectivity index (χ0v) is 10.9. The average molecular weight is 254 g/mol. The van der Waals surface area contributed by atoms with E-state index in [-0.39, 0.29) is 0 Å². The predicted molar refractivity (Wildman–Crippen MR) is 71.9 cm³/mol. The van der Waals surface area contributed by atoms with E-state index in [1.807, 2.05) is 35.6 Å². The third kappa shape index (κ3) is 2.24. The highest BCUT2D eigenvalue weighted by Gasteiger charge is 2.10. The molecule has 0 spiro atoms. The van der Waals surface area contributed by atoms with Crippen LogP contribution in [0.1, 0.15) is 11.4 Å². The first kappa shape index (κ1) is 11.6. The van der Waals surface area contributed by atoms with Crippen molar-refractivity contribution < 1.29 is 0 Å². The second-order valence-electron chi connectivity index (χ2n) is 4.42. The second-order valence-corrected chi connectivity index (χ2v) is 4.42. The molecule has 0 aliphatic rings. The van der Waals surface area contributed by atoms with Crippen molar-refractivity contribution in [1.82, 2.24) is 24.6 Å². The summed E-state index contributed by atoms with van der Waals surface area (Å²) in [7, 11) is 1.99. The van der Waals surface area contributed by atoms with Gasteiger partial charge in [0.1, 0.15) is 5.52 Å². The van der Waals surface area contributed by atoms with Gasteiger partial charge in [-0.1, -0.05) is 0 Å². The van der Waals surface area contributed by atoms with Crippen molar-refractivity contribution in [2.45, 2.75) is 13.5 Å². The van der Waals surface area contributed by atoms with Gasteiger partial charge in [0.2, 0.25) is 0 Å². The maximum absolute atomic E-state index is 4.43. The van der Waals surface area contributed by atoms with Crippen LogP contribution in [-0.2, 0) is 6.54 Å². The van der Waals surface area contributed by atoms with Crippen molar-refractivity contribution >= 4 is 11.3 Å². The van der Waals surface area contributed by atoms with E-state index in [2.05, 4.69) is 20.1 Å². The van der Waals surface area contributed by atoms with Crippen LogP contribution in [-0.4, -0.2) is 31.6 Å². The lowest BCUT2D eigenvalue weighted by molar-refractivity contribution is 0.844. The normalized spacial score (nSPS) is 10.8. The Kier molecular flexibility index (Phi) is 2.83. The van der Waals surface area contributed by atoms with E-state index in [4.69, 9.17) is 0 Å². The SMILES string of the molecule is Cc1cc2c(N(C)Cc3cnccn3)nccn2n1. The molecule has 3 aromatic rings. The van der Waals surface area contributed by atoms with Gasteiger partial charge in [-0.3, -0.25) is 9.97 Å². The maximum atomic E-state index is 4.43. The van der Waals surface area contributed by atoms with Crippen molar-refractivity contribution in [2.24, 2.45) is 0 Å². The summed E-state index contributed by atoms with van der Waals surface area (Å²) in [5.74, 6) is 0.883. The van der Waals surface area contributed by atoms with Gasteiger partial charge < -0.3 is 4.90 Å². The molecule has 6 heteroatoms. The molecule has 0 bridgehead atoms. The third-order valence-corrected chi connectivity index (χ3v) is 2.87. The summed E-state index contributed by atoms with van der Waals surface area (Å²) in [5.41, 5.74) is 2.87. The first-order chi connectivity index (χ1) is 9.24. The first-order valence-corrected chi connectivity index (χ1v) is 6.01. The summed E-state index contributed by atoms with van der Waals surface area (Å²) in [5, 5.41) is 4.39. The van der Waals surface area contributed by atoms with Crippen molar-refractivity contribution in [3.63, 3.8) is 0 Å². The summed E-state index contributed by atoms with van der Waals surface area (Å²) in [6, 6.07) is 2.02. The highest BCUT2D eigenvalue weighted by atomic mass is 15.3. The Morgan fingerprint density at radius 3 is 2.89 bits per heavy atom. The highest BCUT2D eigenvalue weighted by Crippen LogP contribution is 2.19. The molecule has 0 saturated heterocycles. The standard InChI is InChI=1S/C13H14N6/c1-10-7-12-13(16-5-6-19(12)17-10)18(2)9-11-8-14-3-4-15-11/h3-8H,9H2,1-2H3. The topological polar surface area (TPSA) is 59.2 Å². The summed E-state index contributed by atoms with van der Waals surface area (Å²) in [6.07, 6.45) is 8.73. The lowest BCUT2D eigenvalue weighted by Gasteiger charge is -2.17. The largest absolute Gasteiger partial charge is 0.352 e. The molecule has 0 atom stereocenters. The minimum Gasteiger partial charge on any atom is -0.352 e. The van der Waals surface area contributed by atoms with Gasteiger partial charge in [0, 0.05) is 31.8 Å². The molecule has 19 heavy (non-hydrogen) atoms. The molecule has 0 saturated carbocycles. The Bertz CT molecular complexity index is 691. The molecule has 6 nitrogen and oxygen atoms in total. The molecule has 0 radical (unpaired) electrons. The third-order valence-electron chi connectivity index (χ3n) is 2.87. The van der Waals surface area contributed by atoms with Crippen LogP contribution in [0.25, 0.3) is 5.52 Å². The molecule has 3 rings (SSSR count). The van der Waals surface area contributed by atoms with Crippen molar-refractivity contribution in [3.05, 3.63) is 48.4 Å². The number of rotatable bonds is 3. The van der Waals surface area contributed by atoms with E-state index in [0.717, 1.165) is 22.7 Å². The van der Waals surface area contributed by atoms with Crippen LogP contribution < -0.4 is 4.90 Å². The van der Waals surface area contributed by atoms with Crippen LogP contribution in [0.5, 0.6) is 0 Å². The fourth-order valence-electron chi connectivity index (χ4n) is 2.05. The van der Waals surface area contributed by atoms with Crippen LogP contribution >= 0.6 is 0 Å². The number of hydrogen-bond acceptors (Lipinski definition) is 5. The predicted octanol–water partition coefficient (Wildman–Crippen LogP) is 1.46. The van der Waals surface area contributed by atoms with Crippen LogP contribution in [0.3, 0.4) is 0 Å². The number of nitrogens with zero attached hydrogens (tertiary/aromatic N) is 6. The van der Waals surface area contributed by atoms with Crippen molar-refractivity contribution in [3.8, 4) is 0 Å². The second kappa shape index (κ2) is 4.64. The van der Waals surface area contributed by atoms with Crippen molar-refractivity contribution in [2.75, 3.05) is 11.9 Å². The molecule has 3 heterocycles. The fourth-order valence-corrected chi connectivity index (χ4v) is 2.05. The van der Waals surface area contributed by atoms with Gasteiger partial charge in [0.05, 0.1) is 24.1 Å². The van der Waals surface area contributed by atoms with Gasteiger partial charge in [0.25, 0.3) is 0 Å². The number of anilines is 1. The quantitative estimate of drug-likeness (QED) is 0.708. The molecular weight excluding hydrogens is 240 g/mol. The monoisotopic (exact) mass is 254 g/mol. The number of hydrogen-bond donors (Lipinski definition) is 0. The molecule has 3 aromatic heterocycles. The summed E-state index contributed by atoms with van der Waals surface area (Å²) >= 11 is 0. The highest BCUT2D eigenvalue weighted by molar-refractivity contribution is 5.68. The molecule has 0 aliphatic heterocycles. The van der Waals surface area contributed by atoms with Gasteiger partial charge in [-0.05, 0) is 13.0 Å². The maximum Gasteiger partial charge on any atom is 0.154 e. The molecule has 96 valence electrons. The van der Waals surface area contributed by atoms with E-state index in [1.54, 1.807) is 24.8 Å². The summed E-state index contributed by atoms with van der Waals surface area (Å²) in [4.78, 5) is 14.8. The van der Waals surface area contributed by atoms with E-state index < -0.39 is 0 Å². The Morgan fingerprint density at radius 1 is 1.21 bits per heavy atom. The van der Waals surface area contributed by atoms with Gasteiger partial charge in [-0.15, -0.1) is 0 Å². The molecule has 0 fully saturated rings. The van der Waals surface area contributed by atoms with Crippen LogP contribution in [0.4, 0.5) is 5.82 Å². The Labute approximate surface area is 110 Å². The average Bonchev–Trinajstić information content (AvgIpc) is 2.79. The number of aromatic nitrogens is 5. The minimum atomic E-state index is 0.657. The van der Waals surface area contributed by atoms with E-state index >= 15 is 0 Å². The van der Waals surface area contributed by atoms with E-state index in [0.29, 0.717) is 6.54 Å². The Balaban J connectivity index is 1.95. The smallest absolute Gasteiger partial charge is 0.154 e. The molecule has 0 aliphatic carbocycles. The molecule has 0 unspecified atom stereocenters. The number of fused-ring (bicyclic) bond motifs is 1. The first-order valence-electron chi connectivity index (χ1n) is 6.01. The zero-order chi connectivity index (χ0) is 13.2. The van der Waals surface area contributed by atoms with Crippen LogP contribution in [0.15, 0.2) is 37.1 Å². The van der Waals surface area contributed by atoms with Crippen LogP contribution in [0, 0.1) is 6.92 Å². The van der Waals surface area contributed by atoms with Gasteiger partial charge in [-0.2, -0.15) is 5.10 Å². The van der Waals surface area contributed by atoms with E-state index in [9.17, 15) is 0 Å². The summed E-state index contributed by atoms with van der Waals surface area (Å²) in [6.45, 7) is 2.63. The van der Waals surface area contributed by atoms with E-state index in [1.165, 1.54) is 0 Å². The fraction of sp³-hybridized carbons (Fsp3) is 0.231.